The molecule has 0 fully saturated rings. The molecule has 0 spiro atoms. The summed E-state index contributed by atoms with van der Waals surface area (Å²) in [4.78, 5) is 4.23. The fraction of sp³-hybridized carbons (Fsp3) is 0.750. The van der Waals surface area contributed by atoms with Crippen molar-refractivity contribution in [3.63, 3.8) is 0 Å². The molecule has 0 radical (unpaired) electrons. The molecule has 0 saturated carbocycles. The lowest BCUT2D eigenvalue weighted by atomic mass is 9.89. The third-order valence-corrected chi connectivity index (χ3v) is 3.43. The van der Waals surface area contributed by atoms with Crippen LogP contribution in [0.4, 0.5) is 0 Å². The summed E-state index contributed by atoms with van der Waals surface area (Å²) in [6, 6.07) is 0. The number of hydrogen-bond acceptors (Lipinski definition) is 3. The highest BCUT2D eigenvalue weighted by atomic mass is 16.5. The van der Waals surface area contributed by atoms with Crippen molar-refractivity contribution >= 4 is 0 Å². The molecule has 1 aromatic rings. The zero-order chi connectivity index (χ0) is 12.2. The summed E-state index contributed by atoms with van der Waals surface area (Å²) in [5.74, 6) is 0.688. The van der Waals surface area contributed by atoms with E-state index >= 15 is 0 Å². The maximum Gasteiger partial charge on any atom is 0.141 e. The molecule has 1 aromatic heterocycles. The van der Waals surface area contributed by atoms with Gasteiger partial charge in [-0.3, -0.25) is 0 Å². The topological polar surface area (TPSA) is 47.3 Å². The molecule has 0 aliphatic carbocycles. The van der Waals surface area contributed by atoms with Gasteiger partial charge in [-0.2, -0.15) is 0 Å². The second-order valence-electron chi connectivity index (χ2n) is 3.95. The monoisotopic (exact) mass is 226 g/mol. The van der Waals surface area contributed by atoms with Crippen molar-refractivity contribution in [2.45, 2.75) is 51.9 Å². The van der Waals surface area contributed by atoms with Gasteiger partial charge in [-0.25, -0.2) is 4.98 Å². The Bertz CT molecular complexity index is 310. The second-order valence-corrected chi connectivity index (χ2v) is 3.95. The molecule has 4 nitrogen and oxygen atoms in total. The number of aliphatic hydroxyl groups excluding tert-OH is 1. The molecule has 92 valence electrons. The molecule has 1 rings (SSSR count). The Hall–Kier alpha value is -0.870. The van der Waals surface area contributed by atoms with Crippen LogP contribution in [0, 0.1) is 0 Å². The van der Waals surface area contributed by atoms with E-state index in [0.29, 0.717) is 5.82 Å². The number of hydrogen-bond donors (Lipinski definition) is 1. The Morgan fingerprint density at radius 3 is 2.50 bits per heavy atom. The number of nitrogens with zero attached hydrogens (tertiary/aromatic N) is 2. The van der Waals surface area contributed by atoms with Crippen LogP contribution in [-0.4, -0.2) is 27.4 Å². The van der Waals surface area contributed by atoms with E-state index in [9.17, 15) is 5.11 Å². The Labute approximate surface area is 97.3 Å². The zero-order valence-corrected chi connectivity index (χ0v) is 10.6. The van der Waals surface area contributed by atoms with Gasteiger partial charge in [0.25, 0.3) is 0 Å². The molecule has 0 aromatic carbocycles. The van der Waals surface area contributed by atoms with Crippen LogP contribution >= 0.6 is 0 Å². The largest absolute Gasteiger partial charge is 0.382 e. The summed E-state index contributed by atoms with van der Waals surface area (Å²) in [7, 11) is 1.65. The molecule has 0 aliphatic heterocycles. The minimum absolute atomic E-state index is 0.529. The predicted octanol–water partition coefficient (Wildman–Crippen LogP) is 2.14. The Kier molecular flexibility index (Phi) is 4.50. The normalized spacial score (nSPS) is 14.1. The van der Waals surface area contributed by atoms with Gasteiger partial charge in [0, 0.05) is 26.0 Å². The molecule has 1 N–H and O–H groups in total. The first-order chi connectivity index (χ1) is 7.65. The van der Waals surface area contributed by atoms with Gasteiger partial charge in [-0.1, -0.05) is 13.8 Å². The van der Waals surface area contributed by atoms with Gasteiger partial charge in [0.1, 0.15) is 17.5 Å². The number of aromatic nitrogens is 2. The number of imidazole rings is 1. The van der Waals surface area contributed by atoms with E-state index in [2.05, 4.69) is 4.98 Å². The summed E-state index contributed by atoms with van der Waals surface area (Å²) in [6.07, 6.45) is 4.44. The van der Waals surface area contributed by atoms with Crippen molar-refractivity contribution in [1.29, 1.82) is 0 Å². The van der Waals surface area contributed by atoms with Crippen molar-refractivity contribution in [2.75, 3.05) is 7.11 Å². The Morgan fingerprint density at radius 1 is 1.44 bits per heavy atom. The highest BCUT2D eigenvalue weighted by Gasteiger charge is 2.37. The molecule has 4 heteroatoms. The average Bonchev–Trinajstić information content (AvgIpc) is 2.79. The highest BCUT2D eigenvalue weighted by molar-refractivity contribution is 5.04. The first kappa shape index (κ1) is 13.2. The lowest BCUT2D eigenvalue weighted by Gasteiger charge is -2.34. The van der Waals surface area contributed by atoms with Crippen molar-refractivity contribution in [2.24, 2.45) is 0 Å². The number of rotatable bonds is 6. The van der Waals surface area contributed by atoms with Gasteiger partial charge in [0.15, 0.2) is 0 Å². The third kappa shape index (κ3) is 2.13. The van der Waals surface area contributed by atoms with Gasteiger partial charge < -0.3 is 14.4 Å². The van der Waals surface area contributed by atoms with Crippen molar-refractivity contribution in [3.05, 3.63) is 18.2 Å². The van der Waals surface area contributed by atoms with E-state index in [4.69, 9.17) is 4.74 Å². The summed E-state index contributed by atoms with van der Waals surface area (Å²) >= 11 is 0. The van der Waals surface area contributed by atoms with Gasteiger partial charge in [0.05, 0.1) is 0 Å². The average molecular weight is 226 g/mol. The van der Waals surface area contributed by atoms with E-state index in [1.54, 1.807) is 13.3 Å². The molecule has 1 atom stereocenters. The number of ether oxygens (including phenoxy) is 1. The van der Waals surface area contributed by atoms with Crippen LogP contribution in [0.5, 0.6) is 0 Å². The quantitative estimate of drug-likeness (QED) is 0.808. The smallest absolute Gasteiger partial charge is 0.141 e. The Balaban J connectivity index is 3.03. The van der Waals surface area contributed by atoms with E-state index in [1.807, 2.05) is 31.5 Å². The molecule has 1 heterocycles. The van der Waals surface area contributed by atoms with Crippen LogP contribution in [-0.2, 0) is 11.3 Å². The fourth-order valence-corrected chi connectivity index (χ4v) is 2.11. The van der Waals surface area contributed by atoms with Gasteiger partial charge in [-0.05, 0) is 19.8 Å². The number of aliphatic hydroxyl groups is 1. The summed E-state index contributed by atoms with van der Waals surface area (Å²) < 4.78 is 7.47. The van der Waals surface area contributed by atoms with E-state index in [0.717, 1.165) is 19.4 Å². The molecule has 0 bridgehead atoms. The van der Waals surface area contributed by atoms with Gasteiger partial charge >= 0.3 is 0 Å². The first-order valence-electron chi connectivity index (χ1n) is 5.89. The van der Waals surface area contributed by atoms with E-state index in [1.165, 1.54) is 0 Å². The summed E-state index contributed by atoms with van der Waals surface area (Å²) in [5, 5.41) is 10.4. The van der Waals surface area contributed by atoms with E-state index in [-0.39, 0.29) is 0 Å². The van der Waals surface area contributed by atoms with Crippen LogP contribution in [0.2, 0.25) is 0 Å². The lowest BCUT2D eigenvalue weighted by Crippen LogP contribution is -2.38. The molecule has 16 heavy (non-hydrogen) atoms. The lowest BCUT2D eigenvalue weighted by molar-refractivity contribution is -0.114. The van der Waals surface area contributed by atoms with Gasteiger partial charge in [0.2, 0.25) is 0 Å². The Morgan fingerprint density at radius 2 is 2.06 bits per heavy atom. The molecule has 0 amide bonds. The van der Waals surface area contributed by atoms with Crippen molar-refractivity contribution in [3.8, 4) is 0 Å². The second kappa shape index (κ2) is 5.46. The molecule has 1 unspecified atom stereocenters. The summed E-state index contributed by atoms with van der Waals surface area (Å²) in [5.41, 5.74) is -0.529. The van der Waals surface area contributed by atoms with Crippen LogP contribution in [0.1, 0.15) is 45.5 Å². The van der Waals surface area contributed by atoms with E-state index < -0.39 is 11.7 Å². The standard InChI is InChI=1S/C12H22N2O2/c1-5-12(6-2,16-4)10(15)11-13-8-9-14(11)7-3/h8-10,15H,5-7H2,1-4H3. The summed E-state index contributed by atoms with van der Waals surface area (Å²) in [6.45, 7) is 6.88. The van der Waals surface area contributed by atoms with Gasteiger partial charge in [-0.15, -0.1) is 0 Å². The van der Waals surface area contributed by atoms with Crippen LogP contribution in [0.25, 0.3) is 0 Å². The number of aryl methyl sites for hydroxylation is 1. The SMILES string of the molecule is CCn1ccnc1C(O)C(CC)(CC)OC. The maximum atomic E-state index is 10.4. The highest BCUT2D eigenvalue weighted by Crippen LogP contribution is 2.33. The predicted molar refractivity (Wildman–Crippen MR) is 63.2 cm³/mol. The fourth-order valence-electron chi connectivity index (χ4n) is 2.11. The third-order valence-electron chi connectivity index (χ3n) is 3.43. The van der Waals surface area contributed by atoms with Crippen LogP contribution in [0.3, 0.4) is 0 Å². The molecule has 0 aliphatic rings. The zero-order valence-electron chi connectivity index (χ0n) is 10.6. The maximum absolute atomic E-state index is 10.4. The van der Waals surface area contributed by atoms with Crippen LogP contribution in [0.15, 0.2) is 12.4 Å². The molecule has 0 saturated heterocycles. The molecular formula is C12H22N2O2. The van der Waals surface area contributed by atoms with Crippen LogP contribution < -0.4 is 0 Å². The molecular weight excluding hydrogens is 204 g/mol. The van der Waals surface area contributed by atoms with Crippen molar-refractivity contribution < 1.29 is 9.84 Å². The van der Waals surface area contributed by atoms with Crippen molar-refractivity contribution in [1.82, 2.24) is 9.55 Å². The minimum Gasteiger partial charge on any atom is -0.382 e. The minimum atomic E-state index is -0.678. The number of methoxy groups -OCH3 is 1. The first-order valence-corrected chi connectivity index (χ1v) is 5.89.